The Balaban J connectivity index is 2.92. The molecule has 0 aromatic heterocycles. The predicted molar refractivity (Wildman–Crippen MR) is 59.3 cm³/mol. The number of rotatable bonds is 11. The Morgan fingerprint density at radius 2 is 1.53 bits per heavy atom. The van der Waals surface area contributed by atoms with Crippen molar-refractivity contribution in [3.63, 3.8) is 0 Å². The van der Waals surface area contributed by atoms with Crippen LogP contribution in [0.3, 0.4) is 0 Å². The van der Waals surface area contributed by atoms with E-state index in [9.17, 15) is 0 Å². The first-order valence-electron chi connectivity index (χ1n) is 4.86. The van der Waals surface area contributed by atoms with Crippen LogP contribution in [0.5, 0.6) is 0 Å². The van der Waals surface area contributed by atoms with Gasteiger partial charge in [-0.25, -0.2) is 0 Å². The highest BCUT2D eigenvalue weighted by molar-refractivity contribution is 7.80. The van der Waals surface area contributed by atoms with Crippen LogP contribution in [0.25, 0.3) is 0 Å². The molecule has 1 unspecified atom stereocenters. The maximum Gasteiger partial charge on any atom is 0.123 e. The second-order valence-corrected chi connectivity index (χ2v) is 3.29. The number of hydrogen-bond donors (Lipinski definition) is 2. The third-order valence-corrected chi connectivity index (χ3v) is 1.87. The molecule has 0 aromatic rings. The van der Waals surface area contributed by atoms with E-state index in [2.05, 4.69) is 12.6 Å². The topological polar surface area (TPSA) is 57.2 Å². The summed E-state index contributed by atoms with van der Waals surface area (Å²) in [5.41, 5.74) is -0.183. The van der Waals surface area contributed by atoms with Crippen molar-refractivity contribution in [1.82, 2.24) is 0 Å². The van der Waals surface area contributed by atoms with Gasteiger partial charge in [0.2, 0.25) is 0 Å². The van der Waals surface area contributed by atoms with E-state index in [1.54, 1.807) is 7.11 Å². The Hall–Kier alpha value is 0.150. The van der Waals surface area contributed by atoms with Crippen LogP contribution in [0, 0.1) is 0 Å². The lowest BCUT2D eigenvalue weighted by Gasteiger charge is -2.09. The lowest BCUT2D eigenvalue weighted by atomic mass is 10.7. The third kappa shape index (κ3) is 12.1. The number of methoxy groups -OCH3 is 1. The molecule has 15 heavy (non-hydrogen) atoms. The van der Waals surface area contributed by atoms with Crippen molar-refractivity contribution >= 4 is 12.6 Å². The van der Waals surface area contributed by atoms with E-state index < -0.39 is 0 Å². The fourth-order valence-corrected chi connectivity index (χ4v) is 0.862. The van der Waals surface area contributed by atoms with Gasteiger partial charge in [0.05, 0.1) is 46.2 Å². The fourth-order valence-electron chi connectivity index (χ4n) is 0.757. The highest BCUT2D eigenvalue weighted by atomic mass is 32.1. The van der Waals surface area contributed by atoms with Crippen molar-refractivity contribution in [1.29, 1.82) is 0 Å². The quantitative estimate of drug-likeness (QED) is 0.301. The van der Waals surface area contributed by atoms with Crippen LogP contribution in [0.4, 0.5) is 0 Å². The molecule has 0 amide bonds. The van der Waals surface area contributed by atoms with Crippen LogP contribution < -0.4 is 0 Å². The molecule has 0 fully saturated rings. The number of aliphatic hydroxyl groups is 1. The van der Waals surface area contributed by atoms with Crippen molar-refractivity contribution in [2.75, 3.05) is 53.4 Å². The van der Waals surface area contributed by atoms with Crippen molar-refractivity contribution in [3.05, 3.63) is 0 Å². The van der Waals surface area contributed by atoms with Gasteiger partial charge in [-0.15, -0.1) is 12.6 Å². The van der Waals surface area contributed by atoms with Crippen LogP contribution in [-0.4, -0.2) is 63.9 Å². The van der Waals surface area contributed by atoms with E-state index in [1.165, 1.54) is 0 Å². The first-order chi connectivity index (χ1) is 7.31. The molecule has 0 bridgehead atoms. The lowest BCUT2D eigenvalue weighted by Crippen LogP contribution is -2.15. The van der Waals surface area contributed by atoms with Gasteiger partial charge in [-0.3, -0.25) is 0 Å². The van der Waals surface area contributed by atoms with Gasteiger partial charge in [-0.05, 0) is 0 Å². The minimum atomic E-state index is -0.183. The van der Waals surface area contributed by atoms with Crippen LogP contribution >= 0.6 is 12.6 Å². The zero-order valence-electron chi connectivity index (χ0n) is 9.05. The lowest BCUT2D eigenvalue weighted by molar-refractivity contribution is -0.00527. The van der Waals surface area contributed by atoms with Gasteiger partial charge in [0.25, 0.3) is 0 Å². The third-order valence-electron chi connectivity index (χ3n) is 1.51. The van der Waals surface area contributed by atoms with Gasteiger partial charge in [-0.2, -0.15) is 0 Å². The Morgan fingerprint density at radius 3 is 2.07 bits per heavy atom. The second kappa shape index (κ2) is 12.2. The summed E-state index contributed by atoms with van der Waals surface area (Å²) in [5, 5.41) is 8.41. The summed E-state index contributed by atoms with van der Waals surface area (Å²) < 4.78 is 20.3. The molecule has 0 saturated heterocycles. The Kier molecular flexibility index (Phi) is 12.3. The van der Waals surface area contributed by atoms with Crippen molar-refractivity contribution in [2.24, 2.45) is 0 Å². The van der Waals surface area contributed by atoms with Crippen LogP contribution in [-0.2, 0) is 18.9 Å². The van der Waals surface area contributed by atoms with E-state index in [1.807, 2.05) is 0 Å². The molecule has 0 aromatic carbocycles. The van der Waals surface area contributed by atoms with Crippen LogP contribution in [0.1, 0.15) is 0 Å². The molecule has 0 aliphatic rings. The van der Waals surface area contributed by atoms with Crippen molar-refractivity contribution in [3.8, 4) is 0 Å². The fraction of sp³-hybridized carbons (Fsp3) is 1.00. The van der Waals surface area contributed by atoms with E-state index >= 15 is 0 Å². The van der Waals surface area contributed by atoms with Crippen LogP contribution in [0.15, 0.2) is 0 Å². The zero-order chi connectivity index (χ0) is 11.4. The van der Waals surface area contributed by atoms with E-state index in [-0.39, 0.29) is 12.0 Å². The molecule has 0 rings (SSSR count). The van der Waals surface area contributed by atoms with Gasteiger partial charge in [0, 0.05) is 7.11 Å². The summed E-state index contributed by atoms with van der Waals surface area (Å²) in [6, 6.07) is 0. The summed E-state index contributed by atoms with van der Waals surface area (Å²) in [6.45, 7) is 2.89. The number of thiol groups is 1. The molecule has 0 aliphatic carbocycles. The molecule has 0 aliphatic heterocycles. The minimum Gasteiger partial charge on any atom is -0.394 e. The molecule has 5 nitrogen and oxygen atoms in total. The molecule has 92 valence electrons. The first-order valence-corrected chi connectivity index (χ1v) is 5.38. The maximum atomic E-state index is 8.41. The molecule has 0 saturated carbocycles. The zero-order valence-corrected chi connectivity index (χ0v) is 9.95. The standard InChI is InChI=1S/C9H20O5S/c1-11-9(15)8-14-7-6-13-5-4-12-3-2-10/h9-10,15H,2-8H2,1H3. The Labute approximate surface area is 96.1 Å². The van der Waals surface area contributed by atoms with Gasteiger partial charge in [0.15, 0.2) is 0 Å². The molecule has 1 N–H and O–H groups in total. The van der Waals surface area contributed by atoms with E-state index in [4.69, 9.17) is 24.1 Å². The summed E-state index contributed by atoms with van der Waals surface area (Å²) in [5.74, 6) is 0. The Morgan fingerprint density at radius 1 is 1.00 bits per heavy atom. The average molecular weight is 240 g/mol. The molecule has 0 radical (unpaired) electrons. The largest absolute Gasteiger partial charge is 0.394 e. The van der Waals surface area contributed by atoms with Gasteiger partial charge in [0.1, 0.15) is 5.44 Å². The molecular weight excluding hydrogens is 220 g/mol. The molecule has 0 heterocycles. The highest BCUT2D eigenvalue weighted by Gasteiger charge is 1.98. The summed E-state index contributed by atoms with van der Waals surface area (Å²) >= 11 is 4.08. The number of hydrogen-bond acceptors (Lipinski definition) is 6. The van der Waals surface area contributed by atoms with E-state index in [0.29, 0.717) is 39.6 Å². The SMILES string of the molecule is COC(S)COCCOCCOCCO. The maximum absolute atomic E-state index is 8.41. The van der Waals surface area contributed by atoms with Crippen LogP contribution in [0.2, 0.25) is 0 Å². The first kappa shape index (κ1) is 15.2. The van der Waals surface area contributed by atoms with Gasteiger partial charge in [-0.1, -0.05) is 0 Å². The number of ether oxygens (including phenoxy) is 4. The predicted octanol–water partition coefficient (Wildman–Crippen LogP) is -0.0692. The Bertz CT molecular complexity index is 125. The summed E-state index contributed by atoms with van der Waals surface area (Å²) in [4.78, 5) is 0. The van der Waals surface area contributed by atoms with Crippen molar-refractivity contribution in [2.45, 2.75) is 5.44 Å². The molecular formula is C9H20O5S. The molecule has 0 spiro atoms. The van der Waals surface area contributed by atoms with Gasteiger partial charge < -0.3 is 24.1 Å². The molecule has 1 atom stereocenters. The minimum absolute atomic E-state index is 0.0451. The molecule has 6 heteroatoms. The average Bonchev–Trinajstić information content (AvgIpc) is 2.26. The number of aliphatic hydroxyl groups excluding tert-OH is 1. The highest BCUT2D eigenvalue weighted by Crippen LogP contribution is 1.95. The van der Waals surface area contributed by atoms with Crippen molar-refractivity contribution < 1.29 is 24.1 Å². The summed E-state index contributed by atoms with van der Waals surface area (Å²) in [7, 11) is 1.58. The van der Waals surface area contributed by atoms with Gasteiger partial charge >= 0.3 is 0 Å². The second-order valence-electron chi connectivity index (χ2n) is 2.71. The normalized spacial score (nSPS) is 13.0. The monoisotopic (exact) mass is 240 g/mol. The summed E-state index contributed by atoms with van der Waals surface area (Å²) in [6.07, 6.45) is 0. The van der Waals surface area contributed by atoms with E-state index in [0.717, 1.165) is 0 Å². The smallest absolute Gasteiger partial charge is 0.123 e.